The van der Waals surface area contributed by atoms with E-state index in [0.29, 0.717) is 16.7 Å². The molecule has 0 bridgehead atoms. The lowest BCUT2D eigenvalue weighted by Gasteiger charge is -2.35. The number of carbonyl (C=O) groups is 1. The van der Waals surface area contributed by atoms with Gasteiger partial charge in [0.05, 0.1) is 28.9 Å². The van der Waals surface area contributed by atoms with Gasteiger partial charge in [0.2, 0.25) is 0 Å². The van der Waals surface area contributed by atoms with Gasteiger partial charge < -0.3 is 15.3 Å². The summed E-state index contributed by atoms with van der Waals surface area (Å²) in [4.78, 5) is 24.3. The molecule has 0 unspecified atom stereocenters. The highest BCUT2D eigenvalue weighted by molar-refractivity contribution is 7.11. The Morgan fingerprint density at radius 3 is 2.76 bits per heavy atom. The molecule has 2 fully saturated rings. The molecular weight excluding hydrogens is 384 g/mol. The lowest BCUT2D eigenvalue weighted by molar-refractivity contribution is 0.0463. The predicted molar refractivity (Wildman–Crippen MR) is 114 cm³/mol. The van der Waals surface area contributed by atoms with Crippen molar-refractivity contribution in [3.05, 3.63) is 52.6 Å². The van der Waals surface area contributed by atoms with Crippen LogP contribution in [-0.2, 0) is 0 Å². The molecule has 2 N–H and O–H groups in total. The van der Waals surface area contributed by atoms with Crippen molar-refractivity contribution in [2.45, 2.75) is 31.9 Å². The van der Waals surface area contributed by atoms with E-state index >= 15 is 0 Å². The van der Waals surface area contributed by atoms with Gasteiger partial charge in [-0.15, -0.1) is 11.3 Å². The second kappa shape index (κ2) is 7.39. The molecule has 0 radical (unpaired) electrons. The molecule has 1 aliphatic heterocycles. The quantitative estimate of drug-likeness (QED) is 0.697. The van der Waals surface area contributed by atoms with Crippen LogP contribution in [0.3, 0.4) is 0 Å². The highest BCUT2D eigenvalue weighted by Gasteiger charge is 2.42. The molecule has 0 spiro atoms. The first kappa shape index (κ1) is 18.5. The van der Waals surface area contributed by atoms with Gasteiger partial charge >= 0.3 is 0 Å². The second-order valence-corrected chi connectivity index (χ2v) is 9.01. The first-order valence-electron chi connectivity index (χ1n) is 10.1. The molecule has 1 saturated heterocycles. The fraction of sp³-hybridized carbons (Fsp3) is 0.409. The van der Waals surface area contributed by atoms with Gasteiger partial charge in [0.25, 0.3) is 5.91 Å². The molecule has 2 aromatic heterocycles. The lowest BCUT2D eigenvalue weighted by Crippen LogP contribution is -2.49. The molecule has 4 atom stereocenters. The number of aromatic nitrogens is 2. The van der Waals surface area contributed by atoms with Crippen LogP contribution in [-0.4, -0.2) is 46.2 Å². The predicted octanol–water partition coefficient (Wildman–Crippen LogP) is 3.01. The van der Waals surface area contributed by atoms with E-state index in [2.05, 4.69) is 32.3 Å². The van der Waals surface area contributed by atoms with Crippen molar-refractivity contribution in [1.82, 2.24) is 15.3 Å². The molecule has 1 amide bonds. The number of benzene rings is 1. The van der Waals surface area contributed by atoms with Crippen LogP contribution in [0, 0.1) is 18.8 Å². The Morgan fingerprint density at radius 2 is 1.97 bits per heavy atom. The number of nitrogens with one attached hydrogen (secondary N) is 1. The van der Waals surface area contributed by atoms with Crippen molar-refractivity contribution in [3.63, 3.8) is 0 Å². The van der Waals surface area contributed by atoms with Crippen LogP contribution in [0.4, 0.5) is 5.69 Å². The van der Waals surface area contributed by atoms with Gasteiger partial charge in [-0.2, -0.15) is 0 Å². The molecule has 1 aliphatic carbocycles. The topological polar surface area (TPSA) is 78.4 Å². The monoisotopic (exact) mass is 408 g/mol. The van der Waals surface area contributed by atoms with Crippen LogP contribution >= 0.6 is 11.3 Å². The summed E-state index contributed by atoms with van der Waals surface area (Å²) >= 11 is 1.35. The third-order valence-corrected chi connectivity index (χ3v) is 7.30. The second-order valence-electron chi connectivity index (χ2n) is 8.16. The fourth-order valence-electron chi connectivity index (χ4n) is 4.89. The van der Waals surface area contributed by atoms with Crippen LogP contribution in [0.5, 0.6) is 0 Å². The van der Waals surface area contributed by atoms with Crippen LogP contribution < -0.4 is 10.2 Å². The number of carbonyl (C=O) groups excluding carboxylic acids is 1. The largest absolute Gasteiger partial charge is 0.391 e. The average molecular weight is 409 g/mol. The van der Waals surface area contributed by atoms with Gasteiger partial charge in [0.1, 0.15) is 4.88 Å². The summed E-state index contributed by atoms with van der Waals surface area (Å²) < 4.78 is 0. The summed E-state index contributed by atoms with van der Waals surface area (Å²) in [5, 5.41) is 14.9. The number of anilines is 1. The smallest absolute Gasteiger partial charge is 0.263 e. The first-order chi connectivity index (χ1) is 14.1. The minimum Gasteiger partial charge on any atom is -0.391 e. The Labute approximate surface area is 173 Å². The zero-order chi connectivity index (χ0) is 20.0. The summed E-state index contributed by atoms with van der Waals surface area (Å²) in [6, 6.07) is 10.1. The summed E-state index contributed by atoms with van der Waals surface area (Å²) in [5.74, 6) is 0.774. The maximum atomic E-state index is 12.6. The van der Waals surface area contributed by atoms with Crippen LogP contribution in [0.15, 0.2) is 42.0 Å². The van der Waals surface area contributed by atoms with Crippen LogP contribution in [0.1, 0.15) is 28.2 Å². The number of aliphatic hydroxyl groups is 1. The highest BCUT2D eigenvalue weighted by atomic mass is 32.1. The van der Waals surface area contributed by atoms with E-state index in [-0.39, 0.29) is 11.9 Å². The Kier molecular flexibility index (Phi) is 4.72. The number of hydrogen-bond acceptors (Lipinski definition) is 6. The maximum Gasteiger partial charge on any atom is 0.263 e. The third kappa shape index (κ3) is 3.38. The number of fused-ring (bicyclic) bond motifs is 2. The Balaban J connectivity index is 1.32. The summed E-state index contributed by atoms with van der Waals surface area (Å²) in [7, 11) is 0. The van der Waals surface area contributed by atoms with Crippen molar-refractivity contribution in [2.75, 3.05) is 18.0 Å². The molecule has 6 nitrogen and oxygen atoms in total. The van der Waals surface area contributed by atoms with E-state index in [9.17, 15) is 9.90 Å². The minimum atomic E-state index is -0.512. The zero-order valence-corrected chi connectivity index (χ0v) is 17.1. The number of aryl methyl sites for hydroxylation is 1. The van der Waals surface area contributed by atoms with Crippen molar-refractivity contribution in [3.8, 4) is 0 Å². The number of para-hydroxylation sites is 1. The van der Waals surface area contributed by atoms with E-state index in [4.69, 9.17) is 0 Å². The molecular formula is C22H24N4O2S. The average Bonchev–Trinajstić information content (AvgIpc) is 3.33. The molecule has 2 aliphatic rings. The van der Waals surface area contributed by atoms with E-state index in [1.165, 1.54) is 22.4 Å². The van der Waals surface area contributed by atoms with Gasteiger partial charge in [0, 0.05) is 30.4 Å². The number of hydrogen-bond donors (Lipinski definition) is 2. The van der Waals surface area contributed by atoms with E-state index in [0.717, 1.165) is 37.1 Å². The van der Waals surface area contributed by atoms with E-state index in [1.54, 1.807) is 5.51 Å². The Hall–Kier alpha value is -2.51. The number of nitrogens with zero attached hydrogens (tertiary/aromatic N) is 3. The molecule has 3 aromatic rings. The van der Waals surface area contributed by atoms with Gasteiger partial charge in [-0.1, -0.05) is 18.2 Å². The SMILES string of the molecule is Cc1ncsc1C(=O)N[C@H]1C[C@H]2CN(c3ccnc4ccccc34)C[C@H]2C[C@@H]1O. The zero-order valence-electron chi connectivity index (χ0n) is 16.3. The summed E-state index contributed by atoms with van der Waals surface area (Å²) in [5.41, 5.74) is 4.64. The van der Waals surface area contributed by atoms with Gasteiger partial charge in [-0.25, -0.2) is 4.98 Å². The first-order valence-corrected chi connectivity index (χ1v) is 11.0. The summed E-state index contributed by atoms with van der Waals surface area (Å²) in [6.07, 6.45) is 2.88. The molecule has 150 valence electrons. The molecule has 5 rings (SSSR count). The molecule has 29 heavy (non-hydrogen) atoms. The van der Waals surface area contributed by atoms with Crippen LogP contribution in [0.25, 0.3) is 10.9 Å². The standard InChI is InChI=1S/C22H24N4O2S/c1-13-21(29-12-24-13)22(28)25-18-8-14-10-26(11-15(14)9-20(18)27)19-6-7-23-17-5-3-2-4-16(17)19/h2-7,12,14-15,18,20,27H,8-11H2,1H3,(H,25,28)/t14-,15+,18-,20-/m0/s1. The van der Waals surface area contributed by atoms with Crippen LogP contribution in [0.2, 0.25) is 0 Å². The highest BCUT2D eigenvalue weighted by Crippen LogP contribution is 2.40. The lowest BCUT2D eigenvalue weighted by atomic mass is 9.77. The van der Waals surface area contributed by atoms with Gasteiger partial charge in [0.15, 0.2) is 0 Å². The van der Waals surface area contributed by atoms with Gasteiger partial charge in [-0.3, -0.25) is 9.78 Å². The number of aliphatic hydroxyl groups excluding tert-OH is 1. The number of pyridine rings is 1. The Morgan fingerprint density at radius 1 is 1.17 bits per heavy atom. The van der Waals surface area contributed by atoms with E-state index < -0.39 is 6.10 Å². The molecule has 1 aromatic carbocycles. The number of thiazole rings is 1. The van der Waals surface area contributed by atoms with Crippen molar-refractivity contribution >= 4 is 33.8 Å². The normalized spacial score (nSPS) is 26.5. The van der Waals surface area contributed by atoms with Crippen molar-refractivity contribution < 1.29 is 9.90 Å². The molecule has 3 heterocycles. The molecule has 1 saturated carbocycles. The van der Waals surface area contributed by atoms with Crippen molar-refractivity contribution in [2.24, 2.45) is 11.8 Å². The number of amides is 1. The van der Waals surface area contributed by atoms with E-state index in [1.807, 2.05) is 31.3 Å². The fourth-order valence-corrected chi connectivity index (χ4v) is 5.60. The van der Waals surface area contributed by atoms with Crippen molar-refractivity contribution in [1.29, 1.82) is 0 Å². The third-order valence-electron chi connectivity index (χ3n) is 6.38. The maximum absolute atomic E-state index is 12.6. The molecule has 7 heteroatoms. The minimum absolute atomic E-state index is 0.123. The Bertz CT molecular complexity index is 1050. The number of rotatable bonds is 3. The summed E-state index contributed by atoms with van der Waals surface area (Å²) in [6.45, 7) is 3.72. The van der Waals surface area contributed by atoms with Gasteiger partial charge in [-0.05, 0) is 43.7 Å².